The molecule has 2 N–H and O–H groups in total. The summed E-state index contributed by atoms with van der Waals surface area (Å²) >= 11 is 6.00. The Balaban J connectivity index is 1.77. The summed E-state index contributed by atoms with van der Waals surface area (Å²) in [5, 5.41) is 11.9. The van der Waals surface area contributed by atoms with Gasteiger partial charge in [0, 0.05) is 28.4 Å². The molecular weight excluding hydrogens is 487 g/mol. The summed E-state index contributed by atoms with van der Waals surface area (Å²) in [6.45, 7) is 0. The monoisotopic (exact) mass is 506 g/mol. The van der Waals surface area contributed by atoms with Gasteiger partial charge in [-0.15, -0.1) is 0 Å². The van der Waals surface area contributed by atoms with Gasteiger partial charge in [-0.25, -0.2) is 4.39 Å². The quantitative estimate of drug-likeness (QED) is 0.209. The summed E-state index contributed by atoms with van der Waals surface area (Å²) in [6, 6.07) is 14.9. The Morgan fingerprint density at radius 3 is 2.50 bits per heavy atom. The summed E-state index contributed by atoms with van der Waals surface area (Å²) in [5.74, 6) is -1.99. The predicted octanol–water partition coefficient (Wildman–Crippen LogP) is 5.60. The van der Waals surface area contributed by atoms with Gasteiger partial charge in [0.1, 0.15) is 11.6 Å². The summed E-state index contributed by atoms with van der Waals surface area (Å²) < 4.78 is 24.7. The van der Waals surface area contributed by atoms with Crippen molar-refractivity contribution in [1.82, 2.24) is 4.98 Å². The highest BCUT2D eigenvalue weighted by Gasteiger charge is 2.47. The highest BCUT2D eigenvalue weighted by Crippen LogP contribution is 2.45. The van der Waals surface area contributed by atoms with Crippen molar-refractivity contribution in [1.29, 1.82) is 0 Å². The van der Waals surface area contributed by atoms with Gasteiger partial charge in [-0.05, 0) is 42.0 Å². The first kappa shape index (κ1) is 23.4. The van der Waals surface area contributed by atoms with Crippen LogP contribution < -0.4 is 14.4 Å². The molecule has 0 aliphatic carbocycles. The lowest BCUT2D eigenvalue weighted by atomic mass is 9.94. The Morgan fingerprint density at radius 2 is 1.78 bits per heavy atom. The van der Waals surface area contributed by atoms with Gasteiger partial charge in [-0.2, -0.15) is 0 Å². The number of hydrogen-bond acceptors (Lipinski definition) is 5. The Morgan fingerprint density at radius 1 is 1.03 bits per heavy atom. The van der Waals surface area contributed by atoms with Crippen LogP contribution in [-0.4, -0.2) is 36.0 Å². The number of para-hydroxylation sites is 1. The van der Waals surface area contributed by atoms with Crippen LogP contribution in [0.1, 0.15) is 17.2 Å². The molecule has 182 valence electrons. The van der Waals surface area contributed by atoms with Gasteiger partial charge in [0.25, 0.3) is 11.7 Å². The number of nitrogens with one attached hydrogen (secondary N) is 1. The lowest BCUT2D eigenvalue weighted by Crippen LogP contribution is -2.29. The Labute approximate surface area is 210 Å². The van der Waals surface area contributed by atoms with E-state index in [1.54, 1.807) is 36.5 Å². The van der Waals surface area contributed by atoms with Gasteiger partial charge < -0.3 is 19.6 Å². The van der Waals surface area contributed by atoms with Crippen LogP contribution >= 0.6 is 11.6 Å². The number of carbonyl (C=O) groups is 2. The van der Waals surface area contributed by atoms with Crippen molar-refractivity contribution in [2.24, 2.45) is 0 Å². The van der Waals surface area contributed by atoms with Crippen LogP contribution in [0.25, 0.3) is 16.7 Å². The van der Waals surface area contributed by atoms with Crippen LogP contribution in [0, 0.1) is 5.82 Å². The van der Waals surface area contributed by atoms with Crippen molar-refractivity contribution in [3.05, 3.63) is 94.4 Å². The predicted molar refractivity (Wildman–Crippen MR) is 134 cm³/mol. The van der Waals surface area contributed by atoms with E-state index in [1.165, 1.54) is 31.3 Å². The molecule has 1 aliphatic heterocycles. The second-order valence-corrected chi connectivity index (χ2v) is 8.54. The molecule has 2 heterocycles. The number of nitrogens with zero attached hydrogens (tertiary/aromatic N) is 1. The van der Waals surface area contributed by atoms with Gasteiger partial charge in [-0.3, -0.25) is 14.5 Å². The number of amides is 1. The third-order valence-corrected chi connectivity index (χ3v) is 6.48. The number of rotatable bonds is 5. The number of ketones is 1. The fraction of sp³-hybridized carbons (Fsp3) is 0.111. The minimum Gasteiger partial charge on any atom is -0.507 e. The second kappa shape index (κ2) is 9.05. The number of aromatic amines is 1. The summed E-state index contributed by atoms with van der Waals surface area (Å²) in [7, 11) is 2.95. The van der Waals surface area contributed by atoms with E-state index in [0.29, 0.717) is 28.0 Å². The van der Waals surface area contributed by atoms with Gasteiger partial charge >= 0.3 is 0 Å². The number of carbonyl (C=O) groups excluding carboxylic acids is 2. The molecule has 5 rings (SSSR count). The van der Waals surface area contributed by atoms with Crippen LogP contribution in [0.4, 0.5) is 10.1 Å². The average Bonchev–Trinajstić information content (AvgIpc) is 3.44. The lowest BCUT2D eigenvalue weighted by Gasteiger charge is -2.26. The Bertz CT molecular complexity index is 1560. The molecule has 1 saturated heterocycles. The third-order valence-electron chi connectivity index (χ3n) is 6.19. The number of H-pyrrole nitrogens is 1. The van der Waals surface area contributed by atoms with Crippen molar-refractivity contribution in [2.45, 2.75) is 6.04 Å². The van der Waals surface area contributed by atoms with Gasteiger partial charge in [0.05, 0.1) is 30.9 Å². The molecule has 1 unspecified atom stereocenters. The van der Waals surface area contributed by atoms with E-state index in [2.05, 4.69) is 4.98 Å². The summed E-state index contributed by atoms with van der Waals surface area (Å²) in [6.07, 6.45) is 1.58. The van der Waals surface area contributed by atoms with Crippen molar-refractivity contribution < 1.29 is 28.6 Å². The van der Waals surface area contributed by atoms with E-state index in [1.807, 2.05) is 12.1 Å². The van der Waals surface area contributed by atoms with Gasteiger partial charge in [0.15, 0.2) is 11.5 Å². The number of anilines is 1. The molecule has 9 heteroatoms. The molecule has 1 atom stereocenters. The maximum absolute atomic E-state index is 13.9. The first-order valence-corrected chi connectivity index (χ1v) is 11.3. The lowest BCUT2D eigenvalue weighted by molar-refractivity contribution is -0.132. The number of Topliss-reactive ketones (excluding diaryl/α,β-unsaturated/α-hetero) is 1. The van der Waals surface area contributed by atoms with Crippen LogP contribution in [0.3, 0.4) is 0 Å². The largest absolute Gasteiger partial charge is 0.507 e. The van der Waals surface area contributed by atoms with Crippen LogP contribution in [-0.2, 0) is 9.59 Å². The van der Waals surface area contributed by atoms with E-state index < -0.39 is 23.5 Å². The highest BCUT2D eigenvalue weighted by molar-refractivity contribution is 6.52. The molecule has 1 amide bonds. The van der Waals surface area contributed by atoms with E-state index in [-0.39, 0.29) is 22.0 Å². The molecule has 0 spiro atoms. The van der Waals surface area contributed by atoms with Gasteiger partial charge in [-0.1, -0.05) is 35.9 Å². The van der Waals surface area contributed by atoms with Crippen molar-refractivity contribution in [2.75, 3.05) is 19.1 Å². The van der Waals surface area contributed by atoms with E-state index in [9.17, 15) is 19.1 Å². The molecule has 0 bridgehead atoms. The van der Waals surface area contributed by atoms with Crippen molar-refractivity contribution >= 4 is 45.6 Å². The van der Waals surface area contributed by atoms with Crippen LogP contribution in [0.15, 0.2) is 72.4 Å². The SMILES string of the molecule is COc1ccc(C2/C(=C(/O)c3c[nH]c4ccccc34)C(=O)C(=O)N2c2ccc(F)c(Cl)c2)cc1OC. The molecule has 3 aromatic carbocycles. The summed E-state index contributed by atoms with van der Waals surface area (Å²) in [4.78, 5) is 31.0. The minimum absolute atomic E-state index is 0.127. The number of fused-ring (bicyclic) bond motifs is 1. The maximum Gasteiger partial charge on any atom is 0.300 e. The molecule has 1 fully saturated rings. The smallest absolute Gasteiger partial charge is 0.300 e. The molecular formula is C27H20ClFN2O5. The number of benzene rings is 3. The fourth-order valence-electron chi connectivity index (χ4n) is 4.48. The molecule has 0 radical (unpaired) electrons. The van der Waals surface area contributed by atoms with E-state index in [4.69, 9.17) is 21.1 Å². The number of aromatic nitrogens is 1. The zero-order valence-electron chi connectivity index (χ0n) is 19.2. The number of aliphatic hydroxyl groups is 1. The average molecular weight is 507 g/mol. The first-order valence-electron chi connectivity index (χ1n) is 10.9. The number of aliphatic hydroxyl groups excluding tert-OH is 1. The fourth-order valence-corrected chi connectivity index (χ4v) is 4.66. The van der Waals surface area contributed by atoms with Crippen molar-refractivity contribution in [3.63, 3.8) is 0 Å². The molecule has 36 heavy (non-hydrogen) atoms. The minimum atomic E-state index is -1.06. The number of halogens is 2. The van der Waals surface area contributed by atoms with E-state index >= 15 is 0 Å². The molecule has 0 saturated carbocycles. The number of ether oxygens (including phenoxy) is 2. The van der Waals surface area contributed by atoms with E-state index in [0.717, 1.165) is 11.6 Å². The Kier molecular flexibility index (Phi) is 5.89. The van der Waals surface area contributed by atoms with Crippen LogP contribution in [0.5, 0.6) is 11.5 Å². The summed E-state index contributed by atoms with van der Waals surface area (Å²) in [5.41, 5.74) is 1.65. The van der Waals surface area contributed by atoms with Crippen molar-refractivity contribution in [3.8, 4) is 11.5 Å². The number of hydrogen-bond donors (Lipinski definition) is 2. The normalized spacial score (nSPS) is 17.1. The molecule has 1 aliphatic rings. The zero-order chi connectivity index (χ0) is 25.6. The molecule has 4 aromatic rings. The van der Waals surface area contributed by atoms with Crippen LogP contribution in [0.2, 0.25) is 5.02 Å². The standard InChI is InChI=1S/C27H20ClFN2O5/c1-35-21-10-7-14(11-22(21)36-2)24-23(25(32)17-13-30-20-6-4-3-5-16(17)20)26(33)27(34)31(24)15-8-9-19(29)18(28)12-15/h3-13,24,30,32H,1-2H3/b25-23-. The topological polar surface area (TPSA) is 91.9 Å². The van der Waals surface area contributed by atoms with Gasteiger partial charge in [0.2, 0.25) is 0 Å². The second-order valence-electron chi connectivity index (χ2n) is 8.13. The third kappa shape index (κ3) is 3.67. The number of methoxy groups -OCH3 is 2. The molecule has 1 aromatic heterocycles. The molecule has 7 nitrogen and oxygen atoms in total. The Hall–Kier alpha value is -4.30. The maximum atomic E-state index is 13.9. The highest BCUT2D eigenvalue weighted by atomic mass is 35.5. The first-order chi connectivity index (χ1) is 17.3. The zero-order valence-corrected chi connectivity index (χ0v) is 20.0.